The number of aryl methyl sites for hydroxylation is 2. The molecule has 3 heteroatoms. The number of hydrogen-bond donors (Lipinski definition) is 1. The summed E-state index contributed by atoms with van der Waals surface area (Å²) in [6.45, 7) is 16.8. The van der Waals surface area contributed by atoms with Gasteiger partial charge >= 0.3 is 5.97 Å². The summed E-state index contributed by atoms with van der Waals surface area (Å²) in [5.41, 5.74) is 5.58. The van der Waals surface area contributed by atoms with Crippen LogP contribution in [-0.2, 0) is 15.6 Å². The second-order valence-electron chi connectivity index (χ2n) is 9.79. The minimum Gasteiger partial charge on any atom is -0.508 e. The highest BCUT2D eigenvalue weighted by Gasteiger charge is 2.40. The molecule has 144 valence electrons. The van der Waals surface area contributed by atoms with E-state index in [2.05, 4.69) is 53.7 Å². The molecule has 2 aromatic carbocycles. The Hall–Kier alpha value is -2.29. The van der Waals surface area contributed by atoms with Gasteiger partial charge in [0.05, 0.1) is 0 Å². The summed E-state index contributed by atoms with van der Waals surface area (Å²) < 4.78 is 5.82. The normalized spacial score (nSPS) is 17.0. The van der Waals surface area contributed by atoms with E-state index in [0.29, 0.717) is 5.75 Å². The van der Waals surface area contributed by atoms with Crippen molar-refractivity contribution in [2.24, 2.45) is 0 Å². The van der Waals surface area contributed by atoms with Gasteiger partial charge in [0.2, 0.25) is 0 Å². The van der Waals surface area contributed by atoms with Crippen LogP contribution in [-0.4, -0.2) is 11.1 Å². The Bertz CT molecular complexity index is 924. The van der Waals surface area contributed by atoms with Crippen molar-refractivity contribution >= 4 is 5.97 Å². The molecule has 27 heavy (non-hydrogen) atoms. The molecule has 1 heterocycles. The lowest BCUT2D eigenvalue weighted by Crippen LogP contribution is -2.17. The molecule has 3 nitrogen and oxygen atoms in total. The highest BCUT2D eigenvalue weighted by atomic mass is 16.5. The van der Waals surface area contributed by atoms with Gasteiger partial charge in [-0.3, -0.25) is 4.79 Å². The Morgan fingerprint density at radius 3 is 2.04 bits per heavy atom. The second kappa shape index (κ2) is 6.12. The molecule has 0 fully saturated rings. The van der Waals surface area contributed by atoms with Crippen molar-refractivity contribution in [2.45, 2.75) is 72.1 Å². The Labute approximate surface area is 162 Å². The van der Waals surface area contributed by atoms with Gasteiger partial charge in [0.1, 0.15) is 17.4 Å². The predicted molar refractivity (Wildman–Crippen MR) is 109 cm³/mol. The smallest absolute Gasteiger partial charge is 0.323 e. The minimum absolute atomic E-state index is 0.0366. The van der Waals surface area contributed by atoms with Crippen molar-refractivity contribution in [3.05, 3.63) is 57.6 Å². The fourth-order valence-electron chi connectivity index (χ4n) is 3.69. The van der Waals surface area contributed by atoms with Crippen LogP contribution >= 0.6 is 0 Å². The minimum atomic E-state index is -0.456. The highest BCUT2D eigenvalue weighted by Crippen LogP contribution is 2.48. The molecule has 0 aliphatic carbocycles. The molecular formula is C24H30O3. The molecule has 0 aromatic heterocycles. The highest BCUT2D eigenvalue weighted by molar-refractivity contribution is 5.91. The number of carbonyl (C=O) groups is 1. The van der Waals surface area contributed by atoms with Crippen LogP contribution in [0, 0.1) is 13.8 Å². The number of benzene rings is 2. The summed E-state index contributed by atoms with van der Waals surface area (Å²) in [5.74, 6) is 0.259. The molecular weight excluding hydrogens is 336 g/mol. The average molecular weight is 367 g/mol. The van der Waals surface area contributed by atoms with Crippen LogP contribution in [0.1, 0.15) is 80.8 Å². The van der Waals surface area contributed by atoms with E-state index in [1.807, 2.05) is 19.9 Å². The summed E-state index contributed by atoms with van der Waals surface area (Å²) in [7, 11) is 0. The number of carbonyl (C=O) groups excluding carboxylic acids is 1. The average Bonchev–Trinajstić information content (AvgIpc) is 2.83. The molecule has 1 aliphatic heterocycles. The van der Waals surface area contributed by atoms with Crippen LogP contribution in [0.2, 0.25) is 0 Å². The molecule has 0 spiro atoms. The molecule has 1 atom stereocenters. The predicted octanol–water partition coefficient (Wildman–Crippen LogP) is 5.65. The zero-order valence-corrected chi connectivity index (χ0v) is 17.7. The lowest BCUT2D eigenvalue weighted by atomic mass is 9.77. The maximum atomic E-state index is 12.9. The third-order valence-electron chi connectivity index (χ3n) is 5.44. The number of esters is 1. The Morgan fingerprint density at radius 1 is 0.852 bits per heavy atom. The molecule has 0 radical (unpaired) electrons. The molecule has 0 bridgehead atoms. The molecule has 0 amide bonds. The fourth-order valence-corrected chi connectivity index (χ4v) is 3.69. The quantitative estimate of drug-likeness (QED) is 0.523. The van der Waals surface area contributed by atoms with E-state index in [9.17, 15) is 9.90 Å². The molecule has 1 unspecified atom stereocenters. The van der Waals surface area contributed by atoms with Gasteiger partial charge < -0.3 is 9.84 Å². The van der Waals surface area contributed by atoms with Gasteiger partial charge in [-0.2, -0.15) is 0 Å². The van der Waals surface area contributed by atoms with Crippen LogP contribution in [0.15, 0.2) is 24.3 Å². The maximum Gasteiger partial charge on any atom is 0.323 e. The standard InChI is InChI=1S/C24H30O3/c1-13-10-19(25)14(2)9-16(13)20-17-11-15(23(3,4)5)12-18(24(6,7)8)21(17)27-22(20)26/h9-12,20,25H,1-8H3. The van der Waals surface area contributed by atoms with Gasteiger partial charge in [-0.05, 0) is 53.0 Å². The van der Waals surface area contributed by atoms with E-state index >= 15 is 0 Å². The third kappa shape index (κ3) is 3.36. The van der Waals surface area contributed by atoms with E-state index in [1.54, 1.807) is 6.07 Å². The van der Waals surface area contributed by atoms with E-state index in [4.69, 9.17) is 4.74 Å². The maximum absolute atomic E-state index is 12.9. The Balaban J connectivity index is 2.30. The molecule has 1 aliphatic rings. The monoisotopic (exact) mass is 366 g/mol. The third-order valence-corrected chi connectivity index (χ3v) is 5.44. The van der Waals surface area contributed by atoms with Crippen molar-refractivity contribution in [1.82, 2.24) is 0 Å². The SMILES string of the molecule is Cc1cc(C2C(=O)Oc3c2cc(C(C)(C)C)cc3C(C)(C)C)c(C)cc1O. The number of rotatable bonds is 1. The zero-order valence-electron chi connectivity index (χ0n) is 17.7. The van der Waals surface area contributed by atoms with Gasteiger partial charge in [0.15, 0.2) is 0 Å². The first-order valence-electron chi connectivity index (χ1n) is 9.51. The summed E-state index contributed by atoms with van der Waals surface area (Å²) >= 11 is 0. The van der Waals surface area contributed by atoms with Crippen molar-refractivity contribution in [3.8, 4) is 11.5 Å². The van der Waals surface area contributed by atoms with E-state index < -0.39 is 5.92 Å². The molecule has 0 saturated carbocycles. The van der Waals surface area contributed by atoms with Gasteiger partial charge in [0.25, 0.3) is 0 Å². The van der Waals surface area contributed by atoms with Gasteiger partial charge in [-0.1, -0.05) is 59.7 Å². The number of fused-ring (bicyclic) bond motifs is 1. The van der Waals surface area contributed by atoms with Crippen LogP contribution in [0.3, 0.4) is 0 Å². The summed E-state index contributed by atoms with van der Waals surface area (Å²) in [4.78, 5) is 12.9. The topological polar surface area (TPSA) is 46.5 Å². The summed E-state index contributed by atoms with van der Waals surface area (Å²) in [6.07, 6.45) is 0. The first-order valence-corrected chi connectivity index (χ1v) is 9.51. The van der Waals surface area contributed by atoms with Gasteiger partial charge in [-0.15, -0.1) is 0 Å². The van der Waals surface area contributed by atoms with Crippen molar-refractivity contribution < 1.29 is 14.6 Å². The first-order chi connectivity index (χ1) is 12.3. The number of ether oxygens (including phenoxy) is 1. The van der Waals surface area contributed by atoms with Crippen molar-refractivity contribution in [2.75, 3.05) is 0 Å². The summed E-state index contributed by atoms with van der Waals surface area (Å²) in [5, 5.41) is 10.0. The lowest BCUT2D eigenvalue weighted by molar-refractivity contribution is -0.133. The van der Waals surface area contributed by atoms with E-state index in [0.717, 1.165) is 27.8 Å². The van der Waals surface area contributed by atoms with Crippen LogP contribution < -0.4 is 4.74 Å². The fraction of sp³-hybridized carbons (Fsp3) is 0.458. The lowest BCUT2D eigenvalue weighted by Gasteiger charge is -2.27. The van der Waals surface area contributed by atoms with Crippen molar-refractivity contribution in [3.63, 3.8) is 0 Å². The molecule has 2 aromatic rings. The Kier molecular flexibility index (Phi) is 4.41. The van der Waals surface area contributed by atoms with Gasteiger partial charge in [0, 0.05) is 11.1 Å². The largest absolute Gasteiger partial charge is 0.508 e. The number of phenolic OH excluding ortho intramolecular Hbond substituents is 1. The molecule has 0 saturated heterocycles. The van der Waals surface area contributed by atoms with Crippen LogP contribution in [0.5, 0.6) is 11.5 Å². The number of hydrogen-bond acceptors (Lipinski definition) is 3. The van der Waals surface area contributed by atoms with Crippen molar-refractivity contribution in [1.29, 1.82) is 0 Å². The summed E-state index contributed by atoms with van der Waals surface area (Å²) in [6, 6.07) is 7.95. The van der Waals surface area contributed by atoms with Crippen LogP contribution in [0.25, 0.3) is 0 Å². The first kappa shape index (κ1) is 19.5. The molecule has 1 N–H and O–H groups in total. The van der Waals surface area contributed by atoms with E-state index in [-0.39, 0.29) is 22.5 Å². The second-order valence-corrected chi connectivity index (χ2v) is 9.79. The van der Waals surface area contributed by atoms with Gasteiger partial charge in [-0.25, -0.2) is 0 Å². The Morgan fingerprint density at radius 2 is 1.48 bits per heavy atom. The number of phenols is 1. The molecule has 3 rings (SSSR count). The number of aromatic hydroxyl groups is 1. The zero-order chi connectivity index (χ0) is 20.3. The van der Waals surface area contributed by atoms with E-state index in [1.165, 1.54) is 5.56 Å². The van der Waals surface area contributed by atoms with Crippen LogP contribution in [0.4, 0.5) is 0 Å².